The number of ether oxygens (including phenoxy) is 4. The molecule has 0 aliphatic carbocycles. The number of hydrogen-bond donors (Lipinski definition) is 3. The molecule has 0 aromatic carbocycles. The summed E-state index contributed by atoms with van der Waals surface area (Å²) in [5.74, 6) is 0.259. The molecule has 0 rings (SSSR count). The van der Waals surface area contributed by atoms with E-state index in [1.54, 1.807) is 0 Å². The smallest absolute Gasteiger partial charge is 0.462 e. The fourth-order valence-corrected chi connectivity index (χ4v) is 14.9. The summed E-state index contributed by atoms with van der Waals surface area (Å²) in [5.41, 5.74) is 0. The van der Waals surface area contributed by atoms with Crippen LogP contribution in [0.1, 0.15) is 453 Å². The van der Waals surface area contributed by atoms with Crippen molar-refractivity contribution < 1.29 is 80.2 Å². The van der Waals surface area contributed by atoms with Gasteiger partial charge in [0.2, 0.25) is 0 Å². The summed E-state index contributed by atoms with van der Waals surface area (Å²) in [7, 11) is -9.93. The standard InChI is InChI=1S/C86H168O17P2/c1-8-10-11-12-13-14-15-16-17-18-19-23-30-35-40-47-55-62-70-86(91)103-82(74-97-84(89)68-61-54-49-42-44-51-58-65-78(5)6)76-101-105(94,95)99-72-80(87)71-98-104(92,93)100-75-81(73-96-83(88)67-60-53-46-39-34-29-26-25-28-33-38-45-52-59-66-79(7)9-2)102-85(90)69-63-56-48-41-36-31-24-21-20-22-27-32-37-43-50-57-64-77(3)4/h77-82,87H,8-76H2,1-7H3,(H,92,93)(H,94,95)/t79?,80-,81-,82-/m1/s1. The molecule has 0 heterocycles. The van der Waals surface area contributed by atoms with Crippen LogP contribution in [0, 0.1) is 17.8 Å². The van der Waals surface area contributed by atoms with Crippen LogP contribution < -0.4 is 0 Å². The highest BCUT2D eigenvalue weighted by Crippen LogP contribution is 2.45. The highest BCUT2D eigenvalue weighted by atomic mass is 31.2. The molecule has 0 fully saturated rings. The van der Waals surface area contributed by atoms with E-state index in [9.17, 15) is 43.2 Å². The third-order valence-electron chi connectivity index (χ3n) is 20.5. The maximum absolute atomic E-state index is 13.1. The van der Waals surface area contributed by atoms with E-state index in [1.165, 1.54) is 257 Å². The van der Waals surface area contributed by atoms with Crippen LogP contribution in [0.2, 0.25) is 0 Å². The van der Waals surface area contributed by atoms with Gasteiger partial charge in [-0.05, 0) is 43.4 Å². The number of aliphatic hydroxyl groups is 1. The number of phosphoric ester groups is 2. The molecule has 0 saturated heterocycles. The molecule has 624 valence electrons. The predicted octanol–water partition coefficient (Wildman–Crippen LogP) is 26.1. The van der Waals surface area contributed by atoms with Gasteiger partial charge in [0, 0.05) is 25.7 Å². The molecule has 19 heteroatoms. The number of unbranched alkanes of at least 4 members (excludes halogenated alkanes) is 51. The Morgan fingerprint density at radius 3 is 0.724 bits per heavy atom. The molecule has 0 spiro atoms. The first kappa shape index (κ1) is 103. The van der Waals surface area contributed by atoms with Crippen molar-refractivity contribution >= 4 is 39.5 Å². The lowest BCUT2D eigenvalue weighted by Gasteiger charge is -2.21. The van der Waals surface area contributed by atoms with Crippen molar-refractivity contribution in [3.8, 4) is 0 Å². The average molecular weight is 1540 g/mol. The van der Waals surface area contributed by atoms with Gasteiger partial charge in [0.05, 0.1) is 26.4 Å². The Kier molecular flexibility index (Phi) is 74.7. The van der Waals surface area contributed by atoms with E-state index in [1.807, 2.05) is 0 Å². The molecular formula is C86H168O17P2. The first-order chi connectivity index (χ1) is 50.8. The molecule has 105 heavy (non-hydrogen) atoms. The molecule has 0 aromatic rings. The van der Waals surface area contributed by atoms with E-state index in [0.717, 1.165) is 108 Å². The van der Waals surface area contributed by atoms with Gasteiger partial charge in [-0.2, -0.15) is 0 Å². The van der Waals surface area contributed by atoms with Crippen LogP contribution in [0.3, 0.4) is 0 Å². The zero-order chi connectivity index (χ0) is 77.2. The van der Waals surface area contributed by atoms with Gasteiger partial charge in [-0.25, -0.2) is 9.13 Å². The van der Waals surface area contributed by atoms with Crippen LogP contribution in [0.5, 0.6) is 0 Å². The first-order valence-corrected chi connectivity index (χ1v) is 47.4. The van der Waals surface area contributed by atoms with Crippen molar-refractivity contribution in [1.29, 1.82) is 0 Å². The number of rotatable bonds is 84. The van der Waals surface area contributed by atoms with Gasteiger partial charge in [-0.15, -0.1) is 0 Å². The van der Waals surface area contributed by atoms with Crippen LogP contribution in [0.25, 0.3) is 0 Å². The maximum Gasteiger partial charge on any atom is 0.472 e. The summed E-state index contributed by atoms with van der Waals surface area (Å²) >= 11 is 0. The second kappa shape index (κ2) is 76.1. The monoisotopic (exact) mass is 1540 g/mol. The van der Waals surface area contributed by atoms with Gasteiger partial charge in [-0.1, -0.05) is 402 Å². The Morgan fingerprint density at radius 1 is 0.276 bits per heavy atom. The predicted molar refractivity (Wildman–Crippen MR) is 432 cm³/mol. The topological polar surface area (TPSA) is 237 Å². The molecule has 0 radical (unpaired) electrons. The largest absolute Gasteiger partial charge is 0.472 e. The summed E-state index contributed by atoms with van der Waals surface area (Å²) in [6, 6.07) is 0. The normalized spacial score (nSPS) is 14.1. The quantitative estimate of drug-likeness (QED) is 0.0222. The highest BCUT2D eigenvalue weighted by molar-refractivity contribution is 7.47. The van der Waals surface area contributed by atoms with Crippen LogP contribution >= 0.6 is 15.6 Å². The lowest BCUT2D eigenvalue weighted by Crippen LogP contribution is -2.30. The van der Waals surface area contributed by atoms with Gasteiger partial charge in [0.25, 0.3) is 0 Å². The van der Waals surface area contributed by atoms with E-state index in [0.29, 0.717) is 31.6 Å². The summed E-state index contributed by atoms with van der Waals surface area (Å²) in [5, 5.41) is 10.7. The summed E-state index contributed by atoms with van der Waals surface area (Å²) in [6.45, 7) is 12.0. The number of carbonyl (C=O) groups is 4. The molecule has 3 N–H and O–H groups in total. The molecule has 0 saturated carbocycles. The second-order valence-corrected chi connectivity index (χ2v) is 35.0. The molecule has 0 bridgehead atoms. The van der Waals surface area contributed by atoms with Gasteiger partial charge in [0.1, 0.15) is 19.3 Å². The Labute approximate surface area is 645 Å². The van der Waals surface area contributed by atoms with Gasteiger partial charge >= 0.3 is 39.5 Å². The third-order valence-corrected chi connectivity index (χ3v) is 22.4. The van der Waals surface area contributed by atoms with Crippen molar-refractivity contribution in [2.45, 2.75) is 471 Å². The van der Waals surface area contributed by atoms with Crippen LogP contribution in [-0.2, 0) is 65.4 Å². The van der Waals surface area contributed by atoms with Crippen molar-refractivity contribution in [2.75, 3.05) is 39.6 Å². The zero-order valence-corrected chi connectivity index (χ0v) is 71.0. The van der Waals surface area contributed by atoms with Crippen molar-refractivity contribution in [3.63, 3.8) is 0 Å². The molecule has 0 amide bonds. The van der Waals surface area contributed by atoms with Gasteiger partial charge in [-0.3, -0.25) is 37.3 Å². The van der Waals surface area contributed by atoms with Gasteiger partial charge < -0.3 is 33.8 Å². The Balaban J connectivity index is 5.24. The van der Waals surface area contributed by atoms with E-state index >= 15 is 0 Å². The molecule has 6 atom stereocenters. The zero-order valence-electron chi connectivity index (χ0n) is 69.2. The Hall–Kier alpha value is -1.94. The van der Waals surface area contributed by atoms with E-state index in [2.05, 4.69) is 48.5 Å². The van der Waals surface area contributed by atoms with E-state index in [-0.39, 0.29) is 25.7 Å². The molecule has 0 aliphatic rings. The molecule has 0 aliphatic heterocycles. The minimum atomic E-state index is -4.97. The highest BCUT2D eigenvalue weighted by Gasteiger charge is 2.30. The molecular weight excluding hydrogens is 1370 g/mol. The number of aliphatic hydroxyl groups excluding tert-OH is 1. The third kappa shape index (κ3) is 78.5. The second-order valence-electron chi connectivity index (χ2n) is 32.1. The minimum absolute atomic E-state index is 0.108. The fourth-order valence-electron chi connectivity index (χ4n) is 13.3. The van der Waals surface area contributed by atoms with Crippen LogP contribution in [-0.4, -0.2) is 96.7 Å². The first-order valence-electron chi connectivity index (χ1n) is 44.4. The number of esters is 4. The number of hydrogen-bond acceptors (Lipinski definition) is 15. The van der Waals surface area contributed by atoms with Gasteiger partial charge in [0.15, 0.2) is 12.2 Å². The van der Waals surface area contributed by atoms with E-state index < -0.39 is 97.5 Å². The Morgan fingerprint density at radius 2 is 0.486 bits per heavy atom. The summed E-state index contributed by atoms with van der Waals surface area (Å²) in [6.07, 6.45) is 66.7. The minimum Gasteiger partial charge on any atom is -0.462 e. The summed E-state index contributed by atoms with van der Waals surface area (Å²) < 4.78 is 68.9. The molecule has 3 unspecified atom stereocenters. The van der Waals surface area contributed by atoms with E-state index in [4.69, 9.17) is 37.0 Å². The lowest BCUT2D eigenvalue weighted by atomic mass is 9.99. The average Bonchev–Trinajstić information content (AvgIpc) is 0.908. The fraction of sp³-hybridized carbons (Fsp3) is 0.953. The summed E-state index contributed by atoms with van der Waals surface area (Å²) in [4.78, 5) is 73.2. The number of carbonyl (C=O) groups excluding carboxylic acids is 4. The maximum atomic E-state index is 13.1. The van der Waals surface area contributed by atoms with Crippen LogP contribution in [0.15, 0.2) is 0 Å². The lowest BCUT2D eigenvalue weighted by molar-refractivity contribution is -0.161. The van der Waals surface area contributed by atoms with Crippen LogP contribution in [0.4, 0.5) is 0 Å². The SMILES string of the molecule is CCCCCCCCCCCCCCCCCCCCC(=O)O[C@H](COC(=O)CCCCCCCCCC(C)C)COP(=O)(O)OC[C@H](O)COP(=O)(O)OC[C@@H](COC(=O)CCCCCCCCCCCCCCCCC(C)CC)OC(=O)CCCCCCCCCCCCCCCCCCC(C)C. The Bertz CT molecular complexity index is 2030. The van der Waals surface area contributed by atoms with Crippen molar-refractivity contribution in [3.05, 3.63) is 0 Å². The van der Waals surface area contributed by atoms with Crippen molar-refractivity contribution in [2.24, 2.45) is 17.8 Å². The van der Waals surface area contributed by atoms with Crippen molar-refractivity contribution in [1.82, 2.24) is 0 Å². The number of phosphoric acid groups is 2. The molecule has 17 nitrogen and oxygen atoms in total. The molecule has 0 aromatic heterocycles.